The zero-order valence-corrected chi connectivity index (χ0v) is 19.1. The summed E-state index contributed by atoms with van der Waals surface area (Å²) in [5, 5.41) is 12.2. The Morgan fingerprint density at radius 3 is 2.76 bits per heavy atom. The van der Waals surface area contributed by atoms with E-state index in [4.69, 9.17) is 16.3 Å². The van der Waals surface area contributed by atoms with E-state index >= 15 is 0 Å². The molecule has 1 N–H and O–H groups in total. The number of imidazole rings is 1. The van der Waals surface area contributed by atoms with Crippen LogP contribution in [0.1, 0.15) is 46.3 Å². The molecule has 8 nitrogen and oxygen atoms in total. The topological polar surface area (TPSA) is 86.9 Å². The Balaban J connectivity index is 1.39. The van der Waals surface area contributed by atoms with Crippen molar-refractivity contribution in [2.75, 3.05) is 12.4 Å². The van der Waals surface area contributed by atoms with E-state index in [2.05, 4.69) is 20.6 Å². The summed E-state index contributed by atoms with van der Waals surface area (Å²) in [6.07, 6.45) is 6.28. The molecule has 2 aromatic heterocycles. The third-order valence-corrected chi connectivity index (χ3v) is 6.13. The highest BCUT2D eigenvalue weighted by Gasteiger charge is 2.28. The van der Waals surface area contributed by atoms with Crippen molar-refractivity contribution in [3.8, 4) is 11.4 Å². The average Bonchev–Trinajstić information content (AvgIpc) is 3.46. The summed E-state index contributed by atoms with van der Waals surface area (Å²) in [6, 6.07) is 13.3. The standard InChI is InChI=1S/C24H23ClN6O2/c1-15-13-30(14-26-15)20-11-10-18(12-22(20)33-2)27-24(32)23-21-5-3-4-19(31(21)29-28-23)16-6-8-17(25)9-7-16/h6-14,19H,3-5H2,1-2H3,(H,27,32). The maximum Gasteiger partial charge on any atom is 0.278 e. The first kappa shape index (κ1) is 21.2. The molecule has 2 aromatic carbocycles. The second-order valence-corrected chi connectivity index (χ2v) is 8.49. The molecule has 0 aliphatic carbocycles. The Morgan fingerprint density at radius 1 is 1.21 bits per heavy atom. The van der Waals surface area contributed by atoms with Crippen LogP contribution in [0, 0.1) is 6.92 Å². The number of nitrogens with zero attached hydrogens (tertiary/aromatic N) is 5. The van der Waals surface area contributed by atoms with Gasteiger partial charge >= 0.3 is 0 Å². The summed E-state index contributed by atoms with van der Waals surface area (Å²) in [5.74, 6) is 0.333. The van der Waals surface area contributed by atoms with Crippen molar-refractivity contribution in [1.82, 2.24) is 24.5 Å². The molecule has 0 spiro atoms. The lowest BCUT2D eigenvalue weighted by Crippen LogP contribution is -2.22. The number of nitrogens with one attached hydrogen (secondary N) is 1. The van der Waals surface area contributed by atoms with Gasteiger partial charge in [-0.3, -0.25) is 4.79 Å². The van der Waals surface area contributed by atoms with Crippen molar-refractivity contribution in [2.24, 2.45) is 0 Å². The summed E-state index contributed by atoms with van der Waals surface area (Å²) >= 11 is 6.04. The van der Waals surface area contributed by atoms with Crippen LogP contribution in [-0.4, -0.2) is 37.6 Å². The van der Waals surface area contributed by atoms with Gasteiger partial charge in [0, 0.05) is 23.0 Å². The molecule has 0 saturated carbocycles. The van der Waals surface area contributed by atoms with Crippen LogP contribution < -0.4 is 10.1 Å². The molecular weight excluding hydrogens is 440 g/mol. The van der Waals surface area contributed by atoms with E-state index in [0.717, 1.165) is 41.9 Å². The molecule has 4 aromatic rings. The van der Waals surface area contributed by atoms with E-state index in [1.165, 1.54) is 0 Å². The van der Waals surface area contributed by atoms with E-state index in [1.54, 1.807) is 19.5 Å². The fourth-order valence-electron chi connectivity index (χ4n) is 4.26. The third kappa shape index (κ3) is 4.09. The molecule has 1 atom stereocenters. The highest BCUT2D eigenvalue weighted by atomic mass is 35.5. The van der Waals surface area contributed by atoms with Crippen LogP contribution >= 0.6 is 11.6 Å². The number of rotatable bonds is 5. The quantitative estimate of drug-likeness (QED) is 0.468. The number of halogens is 1. The van der Waals surface area contributed by atoms with Crippen LogP contribution in [0.3, 0.4) is 0 Å². The summed E-state index contributed by atoms with van der Waals surface area (Å²) in [4.78, 5) is 17.4. The maximum atomic E-state index is 13.1. The van der Waals surface area contributed by atoms with Crippen LogP contribution in [-0.2, 0) is 6.42 Å². The van der Waals surface area contributed by atoms with E-state index < -0.39 is 0 Å². The number of hydrogen-bond donors (Lipinski definition) is 1. The van der Waals surface area contributed by atoms with Crippen molar-refractivity contribution >= 4 is 23.2 Å². The maximum absolute atomic E-state index is 13.1. The van der Waals surface area contributed by atoms with Gasteiger partial charge in [-0.15, -0.1) is 5.10 Å². The normalized spacial score (nSPS) is 15.2. The van der Waals surface area contributed by atoms with Gasteiger partial charge in [0.15, 0.2) is 5.69 Å². The Bertz CT molecular complexity index is 1310. The van der Waals surface area contributed by atoms with Crippen molar-refractivity contribution < 1.29 is 9.53 Å². The third-order valence-electron chi connectivity index (χ3n) is 5.87. The SMILES string of the molecule is COc1cc(NC(=O)c2nnn3c2CCCC3c2ccc(Cl)cc2)ccc1-n1cnc(C)c1. The number of hydrogen-bond acceptors (Lipinski definition) is 5. The first-order valence-corrected chi connectivity index (χ1v) is 11.1. The number of benzene rings is 2. The van der Waals surface area contributed by atoms with Gasteiger partial charge in [-0.05, 0) is 56.0 Å². The van der Waals surface area contributed by atoms with Gasteiger partial charge in [0.05, 0.1) is 36.6 Å². The fraction of sp³-hybridized carbons (Fsp3) is 0.250. The minimum atomic E-state index is -0.290. The number of ether oxygens (including phenoxy) is 1. The largest absolute Gasteiger partial charge is 0.494 e. The molecule has 33 heavy (non-hydrogen) atoms. The number of methoxy groups -OCH3 is 1. The van der Waals surface area contributed by atoms with E-state index in [0.29, 0.717) is 22.2 Å². The van der Waals surface area contributed by atoms with E-state index in [1.807, 2.05) is 58.8 Å². The number of aromatic nitrogens is 5. The number of carbonyl (C=O) groups excluding carboxylic acids is 1. The van der Waals surface area contributed by atoms with Gasteiger partial charge in [-0.2, -0.15) is 0 Å². The van der Waals surface area contributed by atoms with Crippen molar-refractivity contribution in [3.05, 3.63) is 82.7 Å². The summed E-state index contributed by atoms with van der Waals surface area (Å²) < 4.78 is 9.29. The predicted molar refractivity (Wildman–Crippen MR) is 125 cm³/mol. The first-order chi connectivity index (χ1) is 16.0. The van der Waals surface area contributed by atoms with Crippen molar-refractivity contribution in [3.63, 3.8) is 0 Å². The molecule has 0 fully saturated rings. The monoisotopic (exact) mass is 462 g/mol. The zero-order chi connectivity index (χ0) is 22.9. The van der Waals surface area contributed by atoms with Crippen LogP contribution in [0.2, 0.25) is 5.02 Å². The van der Waals surface area contributed by atoms with Crippen LogP contribution in [0.5, 0.6) is 5.75 Å². The lowest BCUT2D eigenvalue weighted by molar-refractivity contribution is 0.102. The van der Waals surface area contributed by atoms with E-state index in [-0.39, 0.29) is 11.9 Å². The lowest BCUT2D eigenvalue weighted by Gasteiger charge is -2.24. The Labute approximate surface area is 196 Å². The summed E-state index contributed by atoms with van der Waals surface area (Å²) in [5.41, 5.74) is 4.65. The molecular formula is C24H23ClN6O2. The molecule has 0 radical (unpaired) electrons. The zero-order valence-electron chi connectivity index (χ0n) is 18.3. The molecule has 3 heterocycles. The number of aryl methyl sites for hydroxylation is 1. The second-order valence-electron chi connectivity index (χ2n) is 8.05. The fourth-order valence-corrected chi connectivity index (χ4v) is 4.39. The smallest absolute Gasteiger partial charge is 0.278 e. The van der Waals surface area contributed by atoms with Crippen molar-refractivity contribution in [1.29, 1.82) is 0 Å². The molecule has 5 rings (SSSR count). The Morgan fingerprint density at radius 2 is 2.03 bits per heavy atom. The Hall–Kier alpha value is -3.65. The number of fused-ring (bicyclic) bond motifs is 1. The van der Waals surface area contributed by atoms with Gasteiger partial charge in [-0.25, -0.2) is 9.67 Å². The average molecular weight is 463 g/mol. The lowest BCUT2D eigenvalue weighted by atomic mass is 9.96. The molecule has 1 unspecified atom stereocenters. The van der Waals surface area contributed by atoms with Crippen LogP contribution in [0.25, 0.3) is 5.69 Å². The minimum Gasteiger partial charge on any atom is -0.494 e. The highest BCUT2D eigenvalue weighted by molar-refractivity contribution is 6.30. The Kier molecular flexibility index (Phi) is 5.60. The van der Waals surface area contributed by atoms with Gasteiger partial charge < -0.3 is 14.6 Å². The van der Waals surface area contributed by atoms with Gasteiger partial charge in [-0.1, -0.05) is 28.9 Å². The van der Waals surface area contributed by atoms with Gasteiger partial charge in [0.25, 0.3) is 5.91 Å². The van der Waals surface area contributed by atoms with Crippen molar-refractivity contribution in [2.45, 2.75) is 32.2 Å². The molecule has 1 aliphatic heterocycles. The summed E-state index contributed by atoms with van der Waals surface area (Å²) in [6.45, 7) is 1.93. The second kappa shape index (κ2) is 8.71. The molecule has 9 heteroatoms. The van der Waals surface area contributed by atoms with E-state index in [9.17, 15) is 4.79 Å². The van der Waals surface area contributed by atoms with Gasteiger partial charge in [0.1, 0.15) is 5.75 Å². The molecule has 0 bridgehead atoms. The molecule has 168 valence electrons. The van der Waals surface area contributed by atoms with Gasteiger partial charge in [0.2, 0.25) is 0 Å². The highest BCUT2D eigenvalue weighted by Crippen LogP contribution is 2.32. The number of carbonyl (C=O) groups is 1. The predicted octanol–water partition coefficient (Wildman–Crippen LogP) is 4.61. The first-order valence-electron chi connectivity index (χ1n) is 10.7. The van der Waals surface area contributed by atoms with Crippen LogP contribution in [0.4, 0.5) is 5.69 Å². The summed E-state index contributed by atoms with van der Waals surface area (Å²) in [7, 11) is 1.60. The van der Waals surface area contributed by atoms with Crippen LogP contribution in [0.15, 0.2) is 55.0 Å². The number of anilines is 1. The number of amides is 1. The molecule has 0 saturated heterocycles. The minimum absolute atomic E-state index is 0.0399. The molecule has 1 aliphatic rings. The molecule has 1 amide bonds.